The largest absolute Gasteiger partial charge is 0.383 e. The molecule has 0 bridgehead atoms. The van der Waals surface area contributed by atoms with Gasteiger partial charge >= 0.3 is 0 Å². The maximum Gasteiger partial charge on any atom is 0.191 e. The summed E-state index contributed by atoms with van der Waals surface area (Å²) in [5.41, 5.74) is 2.61. The number of hydrogen-bond donors (Lipinski definition) is 3. The Hall–Kier alpha value is -2.05. The van der Waals surface area contributed by atoms with Crippen LogP contribution in [0, 0.1) is 0 Å². The van der Waals surface area contributed by atoms with E-state index in [1.54, 1.807) is 7.11 Å². The number of nitrogens with one attached hydrogen (secondary N) is 3. The number of aliphatic imine (C=N–C) groups is 1. The van der Waals surface area contributed by atoms with Crippen LogP contribution in [0.4, 0.5) is 0 Å². The van der Waals surface area contributed by atoms with Gasteiger partial charge in [-0.25, -0.2) is 0 Å². The van der Waals surface area contributed by atoms with Crippen LogP contribution in [0.25, 0.3) is 10.9 Å². The van der Waals surface area contributed by atoms with Gasteiger partial charge in [-0.05, 0) is 37.3 Å². The van der Waals surface area contributed by atoms with Gasteiger partial charge in [0.25, 0.3) is 0 Å². The molecule has 1 fully saturated rings. The highest BCUT2D eigenvalue weighted by atomic mass is 16.5. The monoisotopic (exact) mass is 371 g/mol. The number of guanidine groups is 1. The summed E-state index contributed by atoms with van der Waals surface area (Å²) in [6.07, 6.45) is 6.58. The topological polar surface area (TPSA) is 64.7 Å². The number of benzene rings is 1. The number of fused-ring (bicyclic) bond motifs is 1. The number of aromatic nitrogens is 1. The Balaban J connectivity index is 1.36. The molecule has 1 aromatic heterocycles. The van der Waals surface area contributed by atoms with Gasteiger partial charge in [0.2, 0.25) is 0 Å². The molecule has 2 heterocycles. The van der Waals surface area contributed by atoms with E-state index in [1.807, 2.05) is 7.05 Å². The summed E-state index contributed by atoms with van der Waals surface area (Å²) in [7, 11) is 3.62. The summed E-state index contributed by atoms with van der Waals surface area (Å²) in [5, 5.41) is 8.38. The molecule has 1 aliphatic rings. The lowest BCUT2D eigenvalue weighted by atomic mass is 10.1. The van der Waals surface area contributed by atoms with Crippen molar-refractivity contribution in [3.05, 3.63) is 36.0 Å². The predicted octanol–water partition coefficient (Wildman–Crippen LogP) is 2.38. The number of rotatable bonds is 8. The van der Waals surface area contributed by atoms with Crippen molar-refractivity contribution in [2.75, 3.05) is 46.9 Å². The van der Waals surface area contributed by atoms with E-state index in [0.717, 1.165) is 64.4 Å². The van der Waals surface area contributed by atoms with Crippen LogP contribution in [0.2, 0.25) is 0 Å². The van der Waals surface area contributed by atoms with E-state index in [0.29, 0.717) is 6.04 Å². The first-order chi connectivity index (χ1) is 13.3. The third kappa shape index (κ3) is 5.71. The molecule has 1 saturated heterocycles. The maximum absolute atomic E-state index is 5.17. The second-order valence-electron chi connectivity index (χ2n) is 7.22. The molecule has 0 unspecified atom stereocenters. The van der Waals surface area contributed by atoms with Crippen molar-refractivity contribution in [2.24, 2.45) is 4.99 Å². The molecule has 6 nitrogen and oxygen atoms in total. The number of piperidine rings is 1. The Morgan fingerprint density at radius 2 is 2.11 bits per heavy atom. The molecule has 27 heavy (non-hydrogen) atoms. The highest BCUT2D eigenvalue weighted by Crippen LogP contribution is 2.18. The zero-order valence-corrected chi connectivity index (χ0v) is 16.6. The third-order valence-electron chi connectivity index (χ3n) is 5.35. The molecule has 2 aromatic rings. The summed E-state index contributed by atoms with van der Waals surface area (Å²) in [6.45, 7) is 5.02. The number of aromatic amines is 1. The minimum absolute atomic E-state index is 0.503. The quantitative estimate of drug-likeness (QED) is 0.379. The van der Waals surface area contributed by atoms with E-state index < -0.39 is 0 Å². The first kappa shape index (κ1) is 19.7. The van der Waals surface area contributed by atoms with Crippen molar-refractivity contribution in [1.82, 2.24) is 20.5 Å². The van der Waals surface area contributed by atoms with Gasteiger partial charge in [-0.3, -0.25) is 4.99 Å². The van der Waals surface area contributed by atoms with Gasteiger partial charge in [0.15, 0.2) is 5.96 Å². The van der Waals surface area contributed by atoms with E-state index >= 15 is 0 Å². The average molecular weight is 372 g/mol. The molecule has 0 aliphatic carbocycles. The van der Waals surface area contributed by atoms with E-state index in [2.05, 4.69) is 56.0 Å². The standard InChI is InChI=1S/C21H33N5O/c1-22-21(25-18-9-12-26(13-10-18)14-15-27-2)23-11-5-6-17-16-24-20-8-4-3-7-19(17)20/h3-4,7-8,16,18,24H,5-6,9-15H2,1-2H3,(H2,22,23,25). The highest BCUT2D eigenvalue weighted by molar-refractivity contribution is 5.83. The summed E-state index contributed by atoms with van der Waals surface area (Å²) >= 11 is 0. The fraction of sp³-hybridized carbons (Fsp3) is 0.571. The fourth-order valence-corrected chi connectivity index (χ4v) is 3.73. The molecular weight excluding hydrogens is 338 g/mol. The average Bonchev–Trinajstić information content (AvgIpc) is 3.13. The van der Waals surface area contributed by atoms with Crippen molar-refractivity contribution in [3.8, 4) is 0 Å². The van der Waals surface area contributed by atoms with Gasteiger partial charge in [0.1, 0.15) is 0 Å². The van der Waals surface area contributed by atoms with E-state index in [9.17, 15) is 0 Å². The molecule has 1 aliphatic heterocycles. The smallest absolute Gasteiger partial charge is 0.191 e. The lowest BCUT2D eigenvalue weighted by molar-refractivity contribution is 0.128. The predicted molar refractivity (Wildman–Crippen MR) is 112 cm³/mol. The van der Waals surface area contributed by atoms with Crippen molar-refractivity contribution in [1.29, 1.82) is 0 Å². The molecule has 0 atom stereocenters. The lowest BCUT2D eigenvalue weighted by Crippen LogP contribution is -2.49. The van der Waals surface area contributed by atoms with Crippen molar-refractivity contribution >= 4 is 16.9 Å². The molecule has 3 N–H and O–H groups in total. The first-order valence-electron chi connectivity index (χ1n) is 10.0. The van der Waals surface area contributed by atoms with Crippen LogP contribution < -0.4 is 10.6 Å². The molecule has 0 radical (unpaired) electrons. The number of hydrogen-bond acceptors (Lipinski definition) is 3. The van der Waals surface area contributed by atoms with Crippen molar-refractivity contribution in [2.45, 2.75) is 31.7 Å². The van der Waals surface area contributed by atoms with Crippen LogP contribution in [0.3, 0.4) is 0 Å². The van der Waals surface area contributed by atoms with Crippen LogP contribution >= 0.6 is 0 Å². The van der Waals surface area contributed by atoms with Gasteiger partial charge in [0, 0.05) is 63.5 Å². The third-order valence-corrected chi connectivity index (χ3v) is 5.35. The number of para-hydroxylation sites is 1. The Morgan fingerprint density at radius 3 is 2.89 bits per heavy atom. The number of H-pyrrole nitrogens is 1. The van der Waals surface area contributed by atoms with Gasteiger partial charge in [-0.1, -0.05) is 18.2 Å². The molecule has 3 rings (SSSR count). The van der Waals surface area contributed by atoms with Crippen LogP contribution in [-0.2, 0) is 11.2 Å². The molecular formula is C21H33N5O. The summed E-state index contributed by atoms with van der Waals surface area (Å²) in [4.78, 5) is 10.2. The summed E-state index contributed by atoms with van der Waals surface area (Å²) in [5.74, 6) is 0.921. The van der Waals surface area contributed by atoms with Crippen molar-refractivity contribution < 1.29 is 4.74 Å². The van der Waals surface area contributed by atoms with Crippen LogP contribution in [0.15, 0.2) is 35.5 Å². The number of methoxy groups -OCH3 is 1. The van der Waals surface area contributed by atoms with E-state index in [-0.39, 0.29) is 0 Å². The second kappa shape index (κ2) is 10.3. The molecule has 1 aromatic carbocycles. The maximum atomic E-state index is 5.17. The molecule has 0 amide bonds. The first-order valence-corrected chi connectivity index (χ1v) is 10.0. The van der Waals surface area contributed by atoms with Crippen LogP contribution in [0.5, 0.6) is 0 Å². The zero-order valence-electron chi connectivity index (χ0n) is 16.6. The Bertz CT molecular complexity index is 718. The zero-order chi connectivity index (χ0) is 18.9. The molecule has 148 valence electrons. The Morgan fingerprint density at radius 1 is 1.30 bits per heavy atom. The van der Waals surface area contributed by atoms with Crippen LogP contribution in [0.1, 0.15) is 24.8 Å². The van der Waals surface area contributed by atoms with Crippen molar-refractivity contribution in [3.63, 3.8) is 0 Å². The Kier molecular flexibility index (Phi) is 7.54. The molecule has 0 spiro atoms. The fourth-order valence-electron chi connectivity index (χ4n) is 3.73. The minimum atomic E-state index is 0.503. The number of ether oxygens (including phenoxy) is 1. The number of aryl methyl sites for hydroxylation is 1. The van der Waals surface area contributed by atoms with Gasteiger partial charge in [-0.15, -0.1) is 0 Å². The van der Waals surface area contributed by atoms with Gasteiger partial charge in [0.05, 0.1) is 6.61 Å². The van der Waals surface area contributed by atoms with Crippen LogP contribution in [-0.4, -0.2) is 68.8 Å². The van der Waals surface area contributed by atoms with E-state index in [1.165, 1.54) is 16.5 Å². The Labute approximate surface area is 162 Å². The highest BCUT2D eigenvalue weighted by Gasteiger charge is 2.19. The minimum Gasteiger partial charge on any atom is -0.383 e. The SMILES string of the molecule is CN=C(NCCCc1c[nH]c2ccccc12)NC1CCN(CCOC)CC1. The molecule has 6 heteroatoms. The van der Waals surface area contributed by atoms with Gasteiger partial charge < -0.3 is 25.3 Å². The second-order valence-corrected chi connectivity index (χ2v) is 7.22. The summed E-state index contributed by atoms with van der Waals surface area (Å²) < 4.78 is 5.17. The van der Waals surface area contributed by atoms with Gasteiger partial charge in [-0.2, -0.15) is 0 Å². The number of nitrogens with zero attached hydrogens (tertiary/aromatic N) is 2. The molecule has 0 saturated carbocycles. The number of likely N-dealkylation sites (tertiary alicyclic amines) is 1. The lowest BCUT2D eigenvalue weighted by Gasteiger charge is -2.32. The normalized spacial score (nSPS) is 16.7. The van der Waals surface area contributed by atoms with E-state index in [4.69, 9.17) is 4.74 Å². The summed E-state index contributed by atoms with van der Waals surface area (Å²) in [6, 6.07) is 8.99.